The summed E-state index contributed by atoms with van der Waals surface area (Å²) in [4.78, 5) is 2.79. The van der Waals surface area contributed by atoms with Gasteiger partial charge < -0.3 is 10.2 Å². The van der Waals surface area contributed by atoms with Crippen LogP contribution in [0.25, 0.3) is 0 Å². The quantitative estimate of drug-likeness (QED) is 0.823. The summed E-state index contributed by atoms with van der Waals surface area (Å²) in [6.45, 7) is 4.87. The van der Waals surface area contributed by atoms with E-state index < -0.39 is 0 Å². The molecule has 0 saturated carbocycles. The maximum Gasteiger partial charge on any atom is 0.0125 e. The van der Waals surface area contributed by atoms with Gasteiger partial charge in [0.05, 0.1) is 0 Å². The Kier molecular flexibility index (Phi) is 5.32. The number of nitrogens with one attached hydrogen (secondary N) is 1. The average molecular weight is 286 g/mol. The van der Waals surface area contributed by atoms with E-state index in [-0.39, 0.29) is 0 Å². The Labute approximate surface area is 129 Å². The first kappa shape index (κ1) is 15.1. The van der Waals surface area contributed by atoms with Crippen molar-refractivity contribution >= 4 is 0 Å². The third kappa shape index (κ3) is 4.08. The van der Waals surface area contributed by atoms with Gasteiger partial charge in [-0.15, -0.1) is 0 Å². The summed E-state index contributed by atoms with van der Waals surface area (Å²) >= 11 is 0. The molecule has 2 bridgehead atoms. The number of benzene rings is 1. The van der Waals surface area contributed by atoms with Crippen molar-refractivity contribution in [3.8, 4) is 0 Å². The topological polar surface area (TPSA) is 15.3 Å². The fraction of sp³-hybridized carbons (Fsp3) is 0.684. The molecule has 0 amide bonds. The number of nitrogens with zero attached hydrogens (tertiary/aromatic N) is 1. The largest absolute Gasteiger partial charge is 0.311 e. The van der Waals surface area contributed by atoms with Crippen molar-refractivity contribution in [1.82, 2.24) is 10.2 Å². The normalized spacial score (nSPS) is 28.2. The molecule has 2 heterocycles. The van der Waals surface area contributed by atoms with Gasteiger partial charge in [0.2, 0.25) is 0 Å². The minimum atomic E-state index is 0.808. The average Bonchev–Trinajstić information content (AvgIpc) is 2.86. The van der Waals surface area contributed by atoms with E-state index in [1.165, 1.54) is 63.6 Å². The van der Waals surface area contributed by atoms with Crippen LogP contribution >= 0.6 is 0 Å². The van der Waals surface area contributed by atoms with Gasteiger partial charge in [-0.3, -0.25) is 0 Å². The molecule has 2 atom stereocenters. The molecule has 1 aromatic carbocycles. The van der Waals surface area contributed by atoms with Crippen LogP contribution in [0.2, 0.25) is 0 Å². The Balaban J connectivity index is 1.50. The molecule has 2 unspecified atom stereocenters. The summed E-state index contributed by atoms with van der Waals surface area (Å²) in [6, 6.07) is 13.4. The maximum atomic E-state index is 3.77. The molecule has 0 radical (unpaired) electrons. The Morgan fingerprint density at radius 2 is 1.76 bits per heavy atom. The first-order valence-electron chi connectivity index (χ1n) is 8.89. The highest BCUT2D eigenvalue weighted by Gasteiger charge is 2.35. The second-order valence-electron chi connectivity index (χ2n) is 6.89. The second-order valence-corrected chi connectivity index (χ2v) is 6.89. The fourth-order valence-electron chi connectivity index (χ4n) is 4.22. The van der Waals surface area contributed by atoms with Gasteiger partial charge in [-0.25, -0.2) is 0 Å². The van der Waals surface area contributed by atoms with Crippen LogP contribution in [0, 0.1) is 0 Å². The maximum absolute atomic E-state index is 3.77. The molecule has 3 rings (SSSR count). The van der Waals surface area contributed by atoms with Crippen molar-refractivity contribution in [2.45, 2.75) is 70.0 Å². The van der Waals surface area contributed by atoms with Crippen molar-refractivity contribution in [2.75, 3.05) is 13.1 Å². The third-order valence-electron chi connectivity index (χ3n) is 5.23. The second kappa shape index (κ2) is 7.42. The number of hydrogen-bond donors (Lipinski definition) is 1. The molecule has 2 heteroatoms. The molecule has 116 valence electrons. The van der Waals surface area contributed by atoms with E-state index >= 15 is 0 Å². The van der Waals surface area contributed by atoms with Crippen LogP contribution in [0.5, 0.6) is 0 Å². The SMILES string of the molecule is CCCN(CCCc1ccccc1)C1CC2CCC(C1)N2. The molecule has 0 aliphatic carbocycles. The number of piperidine rings is 1. The minimum absolute atomic E-state index is 0.808. The third-order valence-corrected chi connectivity index (χ3v) is 5.23. The van der Waals surface area contributed by atoms with Crippen molar-refractivity contribution < 1.29 is 0 Å². The summed E-state index contributed by atoms with van der Waals surface area (Å²) in [7, 11) is 0. The summed E-state index contributed by atoms with van der Waals surface area (Å²) in [5, 5.41) is 3.77. The van der Waals surface area contributed by atoms with E-state index in [4.69, 9.17) is 0 Å². The van der Waals surface area contributed by atoms with Crippen LogP contribution < -0.4 is 5.32 Å². The van der Waals surface area contributed by atoms with Crippen LogP contribution in [-0.2, 0) is 6.42 Å². The Morgan fingerprint density at radius 1 is 1.05 bits per heavy atom. The zero-order valence-electron chi connectivity index (χ0n) is 13.4. The summed E-state index contributed by atoms with van der Waals surface area (Å²) < 4.78 is 0. The molecule has 1 N–H and O–H groups in total. The number of fused-ring (bicyclic) bond motifs is 2. The van der Waals surface area contributed by atoms with Gasteiger partial charge in [0, 0.05) is 18.1 Å². The zero-order chi connectivity index (χ0) is 14.5. The molecule has 2 saturated heterocycles. The number of rotatable bonds is 7. The smallest absolute Gasteiger partial charge is 0.0125 e. The Hall–Kier alpha value is -0.860. The monoisotopic (exact) mass is 286 g/mol. The van der Waals surface area contributed by atoms with Gasteiger partial charge in [0.15, 0.2) is 0 Å². The van der Waals surface area contributed by atoms with Crippen molar-refractivity contribution in [1.29, 1.82) is 0 Å². The van der Waals surface area contributed by atoms with Crippen LogP contribution in [0.15, 0.2) is 30.3 Å². The Bertz CT molecular complexity index is 405. The van der Waals surface area contributed by atoms with Crippen molar-refractivity contribution in [2.24, 2.45) is 0 Å². The van der Waals surface area contributed by atoms with Crippen molar-refractivity contribution in [3.63, 3.8) is 0 Å². The van der Waals surface area contributed by atoms with Gasteiger partial charge >= 0.3 is 0 Å². The van der Waals surface area contributed by atoms with Gasteiger partial charge in [0.1, 0.15) is 0 Å². The van der Waals surface area contributed by atoms with Gasteiger partial charge in [0.25, 0.3) is 0 Å². The predicted molar refractivity (Wildman–Crippen MR) is 89.6 cm³/mol. The molecular formula is C19H30N2. The highest BCUT2D eigenvalue weighted by atomic mass is 15.2. The lowest BCUT2D eigenvalue weighted by molar-refractivity contribution is 0.140. The van der Waals surface area contributed by atoms with Gasteiger partial charge in [-0.05, 0) is 63.6 Å². The van der Waals surface area contributed by atoms with Gasteiger partial charge in [-0.1, -0.05) is 37.3 Å². The van der Waals surface area contributed by atoms with Crippen LogP contribution in [0.1, 0.15) is 51.0 Å². The summed E-state index contributed by atoms with van der Waals surface area (Å²) in [6.07, 6.45) is 9.37. The lowest BCUT2D eigenvalue weighted by atomic mass is 9.97. The van der Waals surface area contributed by atoms with Crippen LogP contribution in [0.3, 0.4) is 0 Å². The van der Waals surface area contributed by atoms with Crippen LogP contribution in [0.4, 0.5) is 0 Å². The molecule has 2 aliphatic rings. The predicted octanol–water partition coefficient (Wildman–Crippen LogP) is 3.61. The lowest BCUT2D eigenvalue weighted by Crippen LogP contribution is -2.48. The minimum Gasteiger partial charge on any atom is -0.311 e. The molecule has 0 aromatic heterocycles. The zero-order valence-corrected chi connectivity index (χ0v) is 13.4. The fourth-order valence-corrected chi connectivity index (χ4v) is 4.22. The summed E-state index contributed by atoms with van der Waals surface area (Å²) in [5.74, 6) is 0. The van der Waals surface area contributed by atoms with E-state index in [9.17, 15) is 0 Å². The Morgan fingerprint density at radius 3 is 2.43 bits per heavy atom. The first-order chi connectivity index (χ1) is 10.3. The van der Waals surface area contributed by atoms with Gasteiger partial charge in [-0.2, -0.15) is 0 Å². The van der Waals surface area contributed by atoms with E-state index in [0.717, 1.165) is 18.1 Å². The standard InChI is InChI=1S/C19H30N2/c1-2-12-21(13-6-9-16-7-4-3-5-8-16)19-14-17-10-11-18(15-19)20-17/h3-5,7-8,17-20H,2,6,9-15H2,1H3. The molecular weight excluding hydrogens is 256 g/mol. The number of aryl methyl sites for hydroxylation is 1. The van der Waals surface area contributed by atoms with E-state index in [1.54, 1.807) is 0 Å². The molecule has 21 heavy (non-hydrogen) atoms. The molecule has 0 spiro atoms. The first-order valence-corrected chi connectivity index (χ1v) is 8.89. The highest BCUT2D eigenvalue weighted by Crippen LogP contribution is 2.30. The molecule has 2 aliphatic heterocycles. The molecule has 2 fully saturated rings. The number of hydrogen-bond acceptors (Lipinski definition) is 2. The molecule has 2 nitrogen and oxygen atoms in total. The van der Waals surface area contributed by atoms with Crippen LogP contribution in [-0.4, -0.2) is 36.1 Å². The van der Waals surface area contributed by atoms with Crippen molar-refractivity contribution in [3.05, 3.63) is 35.9 Å². The highest BCUT2D eigenvalue weighted by molar-refractivity contribution is 5.14. The lowest BCUT2D eigenvalue weighted by Gasteiger charge is -2.38. The molecule has 1 aromatic rings. The van der Waals surface area contributed by atoms with E-state index in [2.05, 4.69) is 47.5 Å². The van der Waals surface area contributed by atoms with E-state index in [1.807, 2.05) is 0 Å². The van der Waals surface area contributed by atoms with E-state index in [0.29, 0.717) is 0 Å². The summed E-state index contributed by atoms with van der Waals surface area (Å²) in [5.41, 5.74) is 1.49.